The van der Waals surface area contributed by atoms with Crippen molar-refractivity contribution in [1.82, 2.24) is 0 Å². The van der Waals surface area contributed by atoms with Gasteiger partial charge in [0, 0.05) is 0 Å². The van der Waals surface area contributed by atoms with Gasteiger partial charge in [0.2, 0.25) is 5.79 Å². The summed E-state index contributed by atoms with van der Waals surface area (Å²) in [6, 6.07) is 0. The number of rotatable bonds is 1. The third-order valence-electron chi connectivity index (χ3n) is 1.91. The zero-order chi connectivity index (χ0) is 9.35. The molecule has 0 spiro atoms. The molecule has 0 radical (unpaired) electrons. The van der Waals surface area contributed by atoms with Gasteiger partial charge in [0.05, 0.1) is 13.2 Å². The van der Waals surface area contributed by atoms with Crippen molar-refractivity contribution in [3.63, 3.8) is 0 Å². The van der Waals surface area contributed by atoms with Crippen LogP contribution < -0.4 is 0 Å². The van der Waals surface area contributed by atoms with E-state index in [1.54, 1.807) is 0 Å². The third kappa shape index (κ3) is 4.36. The molecule has 15 heavy (non-hydrogen) atoms. The van der Waals surface area contributed by atoms with Gasteiger partial charge in [-0.15, -0.1) is 0 Å². The van der Waals surface area contributed by atoms with E-state index in [2.05, 4.69) is 4.74 Å². The Morgan fingerprint density at radius 3 is 2.07 bits per heavy atom. The summed E-state index contributed by atoms with van der Waals surface area (Å²) >= 11 is 0. The summed E-state index contributed by atoms with van der Waals surface area (Å²) in [5.74, 6) is -2.17. The zero-order valence-electron chi connectivity index (χ0n) is 7.89. The van der Waals surface area contributed by atoms with E-state index in [0.717, 1.165) is 0 Å². The molecule has 1 fully saturated rings. The van der Waals surface area contributed by atoms with Gasteiger partial charge in [-0.25, -0.2) is 0 Å². The maximum atomic E-state index is 9.24. The van der Waals surface area contributed by atoms with Crippen molar-refractivity contribution < 1.29 is 41.2 Å². The van der Waals surface area contributed by atoms with E-state index in [1.165, 1.54) is 0 Å². The summed E-state index contributed by atoms with van der Waals surface area (Å²) in [6.07, 6.45) is -4.45. The molecular weight excluding hydrogens is 240 g/mol. The number of hydrogen-bond donors (Lipinski definition) is 5. The Morgan fingerprint density at radius 1 is 1.20 bits per heavy atom. The van der Waals surface area contributed by atoms with Crippen molar-refractivity contribution in [2.24, 2.45) is 0 Å². The van der Waals surface area contributed by atoms with E-state index in [1.807, 2.05) is 0 Å². The van der Waals surface area contributed by atoms with Gasteiger partial charge in [-0.05, 0) is 0 Å². The Kier molecular flexibility index (Phi) is 11.5. The minimum Gasteiger partial charge on any atom is -0.870 e. The van der Waals surface area contributed by atoms with Crippen molar-refractivity contribution in [3.8, 4) is 0 Å². The molecule has 1 aliphatic rings. The van der Waals surface area contributed by atoms with Gasteiger partial charge >= 0.3 is 37.7 Å². The van der Waals surface area contributed by atoms with E-state index in [0.29, 0.717) is 0 Å². The van der Waals surface area contributed by atoms with Gasteiger partial charge in [0.15, 0.2) is 0 Å². The first kappa shape index (κ1) is 21.2. The maximum Gasteiger partial charge on any atom is 2.00 e. The molecule has 0 saturated carbocycles. The smallest absolute Gasteiger partial charge is 0.870 e. The van der Waals surface area contributed by atoms with E-state index < -0.39 is 30.7 Å². The van der Waals surface area contributed by atoms with Crippen molar-refractivity contribution >= 4 is 37.7 Å². The first-order valence-corrected chi connectivity index (χ1v) is 3.52. The summed E-state index contributed by atoms with van der Waals surface area (Å²) in [5.41, 5.74) is 0. The monoisotopic (exact) mass is 254 g/mol. The van der Waals surface area contributed by atoms with Crippen molar-refractivity contribution in [1.29, 1.82) is 0 Å². The third-order valence-corrected chi connectivity index (χ3v) is 1.91. The van der Waals surface area contributed by atoms with Crippen LogP contribution in [0.25, 0.3) is 0 Å². The SMILES string of the molecule is OC[C@]1(O)OC[C@@H](O)[C@H](O)[C@@H]1O.[Ca+2].[OH-].[OH-]. The summed E-state index contributed by atoms with van der Waals surface area (Å²) in [6.45, 7) is -1.16. The van der Waals surface area contributed by atoms with E-state index in [4.69, 9.17) is 20.4 Å². The molecule has 1 rings (SSSR count). The quantitative estimate of drug-likeness (QED) is 0.295. The van der Waals surface area contributed by atoms with E-state index >= 15 is 0 Å². The largest absolute Gasteiger partial charge is 2.00 e. The molecule has 0 aliphatic carbocycles. The fourth-order valence-electron chi connectivity index (χ4n) is 1.03. The summed E-state index contributed by atoms with van der Waals surface area (Å²) in [4.78, 5) is 0. The van der Waals surface area contributed by atoms with Crippen LogP contribution in [0.4, 0.5) is 0 Å². The average molecular weight is 254 g/mol. The topological polar surface area (TPSA) is 170 Å². The van der Waals surface area contributed by atoms with E-state index in [-0.39, 0.29) is 55.3 Å². The van der Waals surface area contributed by atoms with Crippen molar-refractivity contribution in [2.45, 2.75) is 24.1 Å². The molecule has 8 nitrogen and oxygen atoms in total. The van der Waals surface area contributed by atoms with Crippen LogP contribution in [0.3, 0.4) is 0 Å². The van der Waals surface area contributed by atoms with Gasteiger partial charge in [-0.2, -0.15) is 0 Å². The van der Waals surface area contributed by atoms with Crippen LogP contribution in [0.1, 0.15) is 0 Å². The first-order valence-electron chi connectivity index (χ1n) is 3.52. The molecule has 0 amide bonds. The summed E-state index contributed by atoms with van der Waals surface area (Å²) in [5, 5.41) is 45.0. The van der Waals surface area contributed by atoms with Gasteiger partial charge in [-0.1, -0.05) is 0 Å². The molecule has 1 heterocycles. The standard InChI is InChI=1S/C6H12O6.Ca.2H2O/c7-2-6(11)5(10)4(9)3(8)1-12-6;;;/h3-5,7-11H,1-2H2;;2*1H2/q;+2;;/p-2/t3-,4+,5+,6+;;;/m1.../s1. The molecular formula is C6H14CaO8. The fourth-order valence-corrected chi connectivity index (χ4v) is 1.03. The van der Waals surface area contributed by atoms with Gasteiger partial charge < -0.3 is 41.2 Å². The second-order valence-electron chi connectivity index (χ2n) is 2.82. The van der Waals surface area contributed by atoms with Crippen LogP contribution in [0.15, 0.2) is 0 Å². The Morgan fingerprint density at radius 2 is 1.67 bits per heavy atom. The van der Waals surface area contributed by atoms with Gasteiger partial charge in [0.25, 0.3) is 0 Å². The predicted molar refractivity (Wildman–Crippen MR) is 45.6 cm³/mol. The first-order chi connectivity index (χ1) is 5.51. The molecule has 0 aromatic carbocycles. The van der Waals surface area contributed by atoms with Crippen LogP contribution in [0, 0.1) is 0 Å². The maximum absolute atomic E-state index is 9.24. The Hall–Kier alpha value is 0.940. The molecule has 4 atom stereocenters. The van der Waals surface area contributed by atoms with Crippen molar-refractivity contribution in [3.05, 3.63) is 0 Å². The zero-order valence-corrected chi connectivity index (χ0v) is 10.1. The Balaban J connectivity index is -0.000000480. The van der Waals surface area contributed by atoms with Crippen LogP contribution in [-0.4, -0.2) is 112 Å². The van der Waals surface area contributed by atoms with Crippen LogP contribution in [-0.2, 0) is 4.74 Å². The molecule has 0 bridgehead atoms. The number of aliphatic hydroxyl groups excluding tert-OH is 4. The summed E-state index contributed by atoms with van der Waals surface area (Å²) < 4.78 is 4.56. The van der Waals surface area contributed by atoms with Crippen LogP contribution in [0.5, 0.6) is 0 Å². The molecule has 0 aromatic rings. The van der Waals surface area contributed by atoms with Gasteiger partial charge in [0.1, 0.15) is 18.3 Å². The predicted octanol–water partition coefficient (Wildman–Crippen LogP) is -3.95. The van der Waals surface area contributed by atoms with Crippen LogP contribution >= 0.6 is 0 Å². The molecule has 0 unspecified atom stereocenters. The van der Waals surface area contributed by atoms with Crippen molar-refractivity contribution in [2.75, 3.05) is 13.2 Å². The van der Waals surface area contributed by atoms with Gasteiger partial charge in [-0.3, -0.25) is 0 Å². The fraction of sp³-hybridized carbons (Fsp3) is 1.00. The number of ether oxygens (including phenoxy) is 1. The minimum absolute atomic E-state index is 0. The summed E-state index contributed by atoms with van der Waals surface area (Å²) in [7, 11) is 0. The minimum atomic E-state index is -2.17. The number of aliphatic hydroxyl groups is 5. The van der Waals surface area contributed by atoms with E-state index in [9.17, 15) is 5.11 Å². The molecule has 7 N–H and O–H groups in total. The molecule has 0 aromatic heterocycles. The second-order valence-corrected chi connectivity index (χ2v) is 2.82. The Bertz CT molecular complexity index is 169. The molecule has 1 aliphatic heterocycles. The number of hydrogen-bond acceptors (Lipinski definition) is 8. The molecule has 9 heteroatoms. The normalized spacial score (nSPS) is 39.4. The second kappa shape index (κ2) is 8.09. The van der Waals surface area contributed by atoms with Crippen LogP contribution in [0.2, 0.25) is 0 Å². The molecule has 88 valence electrons. The molecule has 1 saturated heterocycles. The average Bonchev–Trinajstić information content (AvgIpc) is 2.09. The Labute approximate surface area is 116 Å².